The molecule has 0 unspecified atom stereocenters. The average molecular weight is 316 g/mol. The minimum absolute atomic E-state index is 0.101. The minimum atomic E-state index is -3.73. The molecule has 1 aromatic rings. The van der Waals surface area contributed by atoms with Gasteiger partial charge in [0.2, 0.25) is 10.0 Å². The second-order valence-corrected chi connectivity index (χ2v) is 6.95. The van der Waals surface area contributed by atoms with Gasteiger partial charge in [-0.1, -0.05) is 19.3 Å². The van der Waals surface area contributed by atoms with E-state index in [0.717, 1.165) is 31.0 Å². The van der Waals surface area contributed by atoms with E-state index in [0.29, 0.717) is 6.61 Å². The van der Waals surface area contributed by atoms with Gasteiger partial charge in [0.25, 0.3) is 0 Å². The van der Waals surface area contributed by atoms with Crippen LogP contribution in [0.5, 0.6) is 0 Å². The third-order valence-corrected chi connectivity index (χ3v) is 5.10. The van der Waals surface area contributed by atoms with Crippen LogP contribution < -0.4 is 10.5 Å². The van der Waals surface area contributed by atoms with Crippen LogP contribution in [0.2, 0.25) is 0 Å². The molecule has 0 heterocycles. The zero-order valence-corrected chi connectivity index (χ0v) is 12.7. The summed E-state index contributed by atoms with van der Waals surface area (Å²) in [5.41, 5.74) is 5.44. The number of halogens is 1. The second-order valence-electron chi connectivity index (χ2n) is 5.21. The minimum Gasteiger partial charge on any atom is -0.398 e. The maximum Gasteiger partial charge on any atom is 0.242 e. The number of rotatable bonds is 6. The first-order valence-electron chi connectivity index (χ1n) is 7.15. The van der Waals surface area contributed by atoms with Gasteiger partial charge in [-0.25, -0.2) is 17.5 Å². The van der Waals surface area contributed by atoms with Gasteiger partial charge >= 0.3 is 0 Å². The Bertz CT molecular complexity index is 572. The Morgan fingerprint density at radius 1 is 1.29 bits per heavy atom. The summed E-state index contributed by atoms with van der Waals surface area (Å²) in [4.78, 5) is -0.110. The molecular weight excluding hydrogens is 295 g/mol. The van der Waals surface area contributed by atoms with E-state index >= 15 is 0 Å². The van der Waals surface area contributed by atoms with Crippen molar-refractivity contribution >= 4 is 15.7 Å². The first-order chi connectivity index (χ1) is 9.99. The average Bonchev–Trinajstić information content (AvgIpc) is 2.44. The predicted octanol–water partition coefficient (Wildman–Crippen LogP) is 2.04. The van der Waals surface area contributed by atoms with Gasteiger partial charge < -0.3 is 10.5 Å². The van der Waals surface area contributed by atoms with Gasteiger partial charge in [-0.15, -0.1) is 0 Å². The fourth-order valence-electron chi connectivity index (χ4n) is 2.48. The van der Waals surface area contributed by atoms with E-state index in [1.54, 1.807) is 0 Å². The Hall–Kier alpha value is -1.18. The Kier molecular flexibility index (Phi) is 5.55. The van der Waals surface area contributed by atoms with Crippen LogP contribution in [0.4, 0.5) is 10.1 Å². The molecule has 0 saturated heterocycles. The van der Waals surface area contributed by atoms with Crippen LogP contribution in [0.15, 0.2) is 23.1 Å². The molecule has 0 amide bonds. The molecule has 0 atom stereocenters. The highest BCUT2D eigenvalue weighted by Crippen LogP contribution is 2.20. The fraction of sp³-hybridized carbons (Fsp3) is 0.571. The molecule has 21 heavy (non-hydrogen) atoms. The molecule has 1 fully saturated rings. The monoisotopic (exact) mass is 316 g/mol. The highest BCUT2D eigenvalue weighted by atomic mass is 32.2. The smallest absolute Gasteiger partial charge is 0.242 e. The van der Waals surface area contributed by atoms with Gasteiger partial charge in [-0.2, -0.15) is 0 Å². The largest absolute Gasteiger partial charge is 0.398 e. The molecule has 2 rings (SSSR count). The van der Waals surface area contributed by atoms with Gasteiger partial charge in [0.1, 0.15) is 10.7 Å². The molecule has 5 nitrogen and oxygen atoms in total. The van der Waals surface area contributed by atoms with Gasteiger partial charge in [0.05, 0.1) is 18.4 Å². The lowest BCUT2D eigenvalue weighted by molar-refractivity contribution is 0.0321. The predicted molar refractivity (Wildman–Crippen MR) is 78.8 cm³/mol. The van der Waals surface area contributed by atoms with E-state index in [2.05, 4.69) is 4.72 Å². The quantitative estimate of drug-likeness (QED) is 0.621. The van der Waals surface area contributed by atoms with E-state index < -0.39 is 15.8 Å². The van der Waals surface area contributed by atoms with Crippen molar-refractivity contribution in [3.8, 4) is 0 Å². The van der Waals surface area contributed by atoms with E-state index in [9.17, 15) is 12.8 Å². The lowest BCUT2D eigenvalue weighted by atomic mass is 9.98. The number of nitrogen functional groups attached to an aromatic ring is 1. The highest BCUT2D eigenvalue weighted by molar-refractivity contribution is 7.89. The van der Waals surface area contributed by atoms with Crippen molar-refractivity contribution in [2.75, 3.05) is 18.9 Å². The molecule has 1 aromatic carbocycles. The summed E-state index contributed by atoms with van der Waals surface area (Å²) in [5, 5.41) is 0. The number of nitrogens with one attached hydrogen (secondary N) is 1. The summed E-state index contributed by atoms with van der Waals surface area (Å²) in [6.07, 6.45) is 5.90. The van der Waals surface area contributed by atoms with Crippen LogP contribution in [0, 0.1) is 5.82 Å². The van der Waals surface area contributed by atoms with E-state index in [1.165, 1.54) is 19.3 Å². The summed E-state index contributed by atoms with van der Waals surface area (Å²) in [6, 6.07) is 3.23. The topological polar surface area (TPSA) is 81.4 Å². The molecule has 7 heteroatoms. The zero-order chi connectivity index (χ0) is 15.3. The van der Waals surface area contributed by atoms with Gasteiger partial charge in [0.15, 0.2) is 0 Å². The number of benzene rings is 1. The van der Waals surface area contributed by atoms with Crippen molar-refractivity contribution in [1.82, 2.24) is 4.72 Å². The van der Waals surface area contributed by atoms with Gasteiger partial charge in [0, 0.05) is 6.54 Å². The van der Waals surface area contributed by atoms with Gasteiger partial charge in [-0.3, -0.25) is 0 Å². The maximum atomic E-state index is 12.9. The van der Waals surface area contributed by atoms with Crippen LogP contribution in [0.25, 0.3) is 0 Å². The Morgan fingerprint density at radius 3 is 2.67 bits per heavy atom. The molecule has 3 N–H and O–H groups in total. The number of anilines is 1. The molecule has 118 valence electrons. The maximum absolute atomic E-state index is 12.9. The second kappa shape index (κ2) is 7.20. The highest BCUT2D eigenvalue weighted by Gasteiger charge is 2.18. The molecule has 0 aromatic heterocycles. The number of hydrogen-bond acceptors (Lipinski definition) is 4. The third-order valence-electron chi connectivity index (χ3n) is 3.56. The molecule has 1 aliphatic carbocycles. The summed E-state index contributed by atoms with van der Waals surface area (Å²) in [7, 11) is -3.73. The van der Waals surface area contributed by atoms with Crippen molar-refractivity contribution in [3.05, 3.63) is 24.0 Å². The number of hydrogen-bond donors (Lipinski definition) is 2. The van der Waals surface area contributed by atoms with Gasteiger partial charge in [-0.05, 0) is 31.0 Å². The molecule has 1 aliphatic rings. The Morgan fingerprint density at radius 2 is 2.00 bits per heavy atom. The Balaban J connectivity index is 1.83. The van der Waals surface area contributed by atoms with E-state index in [4.69, 9.17) is 10.5 Å². The zero-order valence-electron chi connectivity index (χ0n) is 11.8. The lowest BCUT2D eigenvalue weighted by Gasteiger charge is -2.22. The number of ether oxygens (including phenoxy) is 1. The summed E-state index contributed by atoms with van der Waals surface area (Å²) in [5.74, 6) is -0.563. The Labute approximate surface area is 124 Å². The number of nitrogens with two attached hydrogens (primary N) is 1. The van der Waals surface area contributed by atoms with Crippen LogP contribution in [0.3, 0.4) is 0 Å². The number of sulfonamides is 1. The first kappa shape index (κ1) is 16.2. The molecular formula is C14H21FN2O3S. The van der Waals surface area contributed by atoms with Crippen molar-refractivity contribution < 1.29 is 17.5 Å². The molecule has 0 radical (unpaired) electrons. The fourth-order valence-corrected chi connectivity index (χ4v) is 3.60. The molecule has 0 aliphatic heterocycles. The van der Waals surface area contributed by atoms with Crippen LogP contribution >= 0.6 is 0 Å². The van der Waals surface area contributed by atoms with E-state index in [-0.39, 0.29) is 23.2 Å². The summed E-state index contributed by atoms with van der Waals surface area (Å²) in [6.45, 7) is 0.501. The normalized spacial score (nSPS) is 17.0. The lowest BCUT2D eigenvalue weighted by Crippen LogP contribution is -2.30. The van der Waals surface area contributed by atoms with Crippen LogP contribution in [-0.4, -0.2) is 27.7 Å². The summed E-state index contributed by atoms with van der Waals surface area (Å²) >= 11 is 0. The third kappa shape index (κ3) is 4.66. The van der Waals surface area contributed by atoms with Crippen molar-refractivity contribution in [1.29, 1.82) is 0 Å². The molecule has 1 saturated carbocycles. The van der Waals surface area contributed by atoms with E-state index in [1.807, 2.05) is 0 Å². The molecule has 0 bridgehead atoms. The van der Waals surface area contributed by atoms with Crippen molar-refractivity contribution in [2.24, 2.45) is 0 Å². The van der Waals surface area contributed by atoms with Crippen molar-refractivity contribution in [3.63, 3.8) is 0 Å². The van der Waals surface area contributed by atoms with Crippen LogP contribution in [0.1, 0.15) is 32.1 Å². The molecule has 0 spiro atoms. The standard InChI is InChI=1S/C14H21FN2O3S/c15-11-6-7-14(13(16)10-11)21(18,19)17-8-9-20-12-4-2-1-3-5-12/h6-7,10,12,17H,1-5,8-9,16H2. The van der Waals surface area contributed by atoms with Crippen LogP contribution in [-0.2, 0) is 14.8 Å². The summed E-state index contributed by atoms with van der Waals surface area (Å²) < 4.78 is 45.1. The van der Waals surface area contributed by atoms with Crippen molar-refractivity contribution in [2.45, 2.75) is 43.1 Å². The SMILES string of the molecule is Nc1cc(F)ccc1S(=O)(=O)NCCOC1CCCCC1. The first-order valence-corrected chi connectivity index (χ1v) is 8.63.